The summed E-state index contributed by atoms with van der Waals surface area (Å²) in [6, 6.07) is -4.03. The standard InChI is InChI=1S/C10H19NO2.C8H19NO2.C8H17NO2.C7H17NO2.C7H15NO2.C6H16N2O2.C6H15NO2.C6H13NO2.C6H11NO2/c1-2-3-4-5-6-7-10(13)9(11)8-12;2*1-4-5-8(11)7(6-10)9(2)3;2*1-3-4-7(10)6(5-9)8-2;1-2-4(7)6(10)5(8)3-9;3*1-2-3-6(9)5(7)4-8/h2-3,6-7,9-10,12-13H,4-5,8,11H2,1H3;7-8,10-11H,4-6H2,1-3H3;4-5,7-8,10-11H,6H2,1-3H3;6-10H,3-5H2,1-2H3;3-4,6-10H,5H2,1-2H3;4-6,9-10H,2-3,7-8H2,1H3;5-6,8-9H,2-4,7H2,1H3;2-3,5-6,8-9H,4,7H2,1H3;2-3,5,8H,4,7H2,1H3/b3-2-,7-6+;;5-4+;;4-3+;;;2*3-2+. The van der Waals surface area contributed by atoms with E-state index in [0.29, 0.717) is 12.8 Å². The molecule has 0 aromatic carbocycles. The summed E-state index contributed by atoms with van der Waals surface area (Å²) in [7, 11) is 10.8. The number of allylic oxidation sites excluding steroid dienone is 7. The highest BCUT2D eigenvalue weighted by Crippen LogP contribution is 2.07. The molecule has 0 saturated heterocycles. The Hall–Kier alpha value is -2.97. The molecule has 0 rings (SSSR count). The summed E-state index contributed by atoms with van der Waals surface area (Å²) in [5.74, 6) is -0.236. The quantitative estimate of drug-likeness (QED) is 0.0161. The normalized spacial score (nSPS) is 17.3. The molecule has 0 heterocycles. The molecule has 28 nitrogen and oxygen atoms in total. The molecular weight excluding hydrogens is 1200 g/mol. The minimum Gasteiger partial charge on any atom is -0.395 e. The Bertz CT molecular complexity index is 1650. The molecule has 31 N–H and O–H groups in total. The maximum Gasteiger partial charge on any atom is 0.174 e. The number of aliphatic hydroxyl groups is 17. The second-order valence-corrected chi connectivity index (χ2v) is 21.4. The molecule has 0 fully saturated rings. The lowest BCUT2D eigenvalue weighted by Crippen LogP contribution is -2.48. The number of likely N-dealkylation sites (N-methyl/N-ethyl adjacent to an activating group) is 4. The number of nitrogens with one attached hydrogen (secondary N) is 2. The average molecular weight is 1340 g/mol. The molecule has 0 aliphatic heterocycles. The number of unbranched alkanes of at least 4 members (excludes halogenated alkanes) is 1. The molecule has 0 amide bonds. The van der Waals surface area contributed by atoms with E-state index < -0.39 is 79.0 Å². The lowest BCUT2D eigenvalue weighted by atomic mass is 10.0. The first-order chi connectivity index (χ1) is 43.3. The van der Waals surface area contributed by atoms with Gasteiger partial charge in [0.15, 0.2) is 5.78 Å². The molecule has 92 heavy (non-hydrogen) atoms. The minimum atomic E-state index is -0.796. The Morgan fingerprint density at radius 3 is 1.11 bits per heavy atom. The van der Waals surface area contributed by atoms with Gasteiger partial charge in [-0.1, -0.05) is 114 Å². The van der Waals surface area contributed by atoms with E-state index in [1.807, 2.05) is 93.7 Å². The van der Waals surface area contributed by atoms with Gasteiger partial charge >= 0.3 is 0 Å². The largest absolute Gasteiger partial charge is 0.395 e. The van der Waals surface area contributed by atoms with Gasteiger partial charge in [0, 0.05) is 6.04 Å². The van der Waals surface area contributed by atoms with Gasteiger partial charge in [-0.15, -0.1) is 0 Å². The number of hydrogen-bond acceptors (Lipinski definition) is 28. The van der Waals surface area contributed by atoms with E-state index in [0.717, 1.165) is 44.9 Å². The second kappa shape index (κ2) is 78.7. The fourth-order valence-corrected chi connectivity index (χ4v) is 6.59. The van der Waals surface area contributed by atoms with E-state index in [4.69, 9.17) is 90.6 Å². The van der Waals surface area contributed by atoms with Crippen molar-refractivity contribution in [3.63, 3.8) is 0 Å². The van der Waals surface area contributed by atoms with Crippen molar-refractivity contribution in [1.82, 2.24) is 20.4 Å². The van der Waals surface area contributed by atoms with Crippen LogP contribution in [0.15, 0.2) is 72.9 Å². The number of aliphatic hydroxyl groups excluding tert-OH is 17. The van der Waals surface area contributed by atoms with Crippen LogP contribution >= 0.6 is 0 Å². The number of nitrogens with zero attached hydrogens (tertiary/aromatic N) is 2. The molecule has 0 spiro atoms. The van der Waals surface area contributed by atoms with Crippen molar-refractivity contribution in [3.05, 3.63) is 72.9 Å². The van der Waals surface area contributed by atoms with Crippen molar-refractivity contribution >= 4 is 5.78 Å². The van der Waals surface area contributed by atoms with Crippen LogP contribution in [0.25, 0.3) is 0 Å². The first-order valence-corrected chi connectivity index (χ1v) is 31.7. The smallest absolute Gasteiger partial charge is 0.174 e. The Balaban J connectivity index is -0.000000121. The third kappa shape index (κ3) is 68.4. The summed E-state index contributed by atoms with van der Waals surface area (Å²) in [6.45, 7) is 15.9. The van der Waals surface area contributed by atoms with Crippen LogP contribution in [0.4, 0.5) is 0 Å². The number of ketones is 1. The van der Waals surface area contributed by atoms with Crippen LogP contribution < -0.4 is 45.0 Å². The Morgan fingerprint density at radius 2 is 0.783 bits per heavy atom. The van der Waals surface area contributed by atoms with Crippen LogP contribution in [0.1, 0.15) is 120 Å². The zero-order valence-electron chi connectivity index (χ0n) is 58.9. The first-order valence-electron chi connectivity index (χ1n) is 31.7. The zero-order chi connectivity index (χ0) is 73.8. The Kier molecular flexibility index (Phi) is 92.2. The van der Waals surface area contributed by atoms with E-state index in [-0.39, 0.29) is 95.5 Å². The summed E-state index contributed by atoms with van der Waals surface area (Å²) in [5, 5.41) is 157. The van der Waals surface area contributed by atoms with E-state index in [9.17, 15) is 35.4 Å². The topological polar surface area (TPSA) is 548 Å². The van der Waals surface area contributed by atoms with Crippen LogP contribution in [-0.2, 0) is 4.79 Å². The molecule has 18 unspecified atom stereocenters. The summed E-state index contributed by atoms with van der Waals surface area (Å²) in [6.07, 6.45) is 23.2. The number of rotatable bonds is 38. The van der Waals surface area contributed by atoms with E-state index in [2.05, 4.69) is 16.7 Å². The van der Waals surface area contributed by atoms with Crippen LogP contribution in [0.3, 0.4) is 0 Å². The summed E-state index contributed by atoms with van der Waals surface area (Å²) in [5.41, 5.74) is 31.9. The number of carbonyl (C=O) groups is 1. The summed E-state index contributed by atoms with van der Waals surface area (Å²) in [4.78, 5) is 14.2. The predicted molar refractivity (Wildman–Crippen MR) is 373 cm³/mol. The van der Waals surface area contributed by atoms with Gasteiger partial charge in [-0.25, -0.2) is 0 Å². The van der Waals surface area contributed by atoms with Gasteiger partial charge in [0.25, 0.3) is 0 Å². The van der Waals surface area contributed by atoms with Crippen molar-refractivity contribution in [2.75, 3.05) is 102 Å². The van der Waals surface area contributed by atoms with Crippen molar-refractivity contribution < 1.29 is 91.6 Å². The Labute approximate surface area is 554 Å². The van der Waals surface area contributed by atoms with Crippen molar-refractivity contribution in [2.45, 2.75) is 229 Å². The average Bonchev–Trinajstić information content (AvgIpc) is 3.37. The third-order valence-corrected chi connectivity index (χ3v) is 13.0. The van der Waals surface area contributed by atoms with Gasteiger partial charge in [0.2, 0.25) is 0 Å². The van der Waals surface area contributed by atoms with E-state index >= 15 is 0 Å². The SMILES string of the molecule is C/C=C/C(=O)C(N)CO.C/C=C/C(O)C(CO)N(C)C.C/C=C/C(O)C(CO)NC.C/C=C/C(O)C(N)CO.C/C=C\CC/C=C/C(O)C(N)CO.CCC(N)C(O)C(N)CO.CCCC(O)C(CO)N(C)C.CCCC(O)C(CO)NC.CCCC(O)C(N)CO. The van der Waals surface area contributed by atoms with Crippen LogP contribution in [0, 0.1) is 0 Å². The third-order valence-electron chi connectivity index (χ3n) is 13.0. The summed E-state index contributed by atoms with van der Waals surface area (Å²) >= 11 is 0. The molecule has 0 bridgehead atoms. The minimum absolute atomic E-state index is 0.00231. The lowest BCUT2D eigenvalue weighted by Gasteiger charge is -2.26. The Morgan fingerprint density at radius 1 is 0.402 bits per heavy atom. The second-order valence-electron chi connectivity index (χ2n) is 21.4. The van der Waals surface area contributed by atoms with Gasteiger partial charge in [-0.05, 0) is 122 Å². The maximum atomic E-state index is 10.6. The van der Waals surface area contributed by atoms with Gasteiger partial charge < -0.3 is 142 Å². The van der Waals surface area contributed by atoms with Gasteiger partial charge in [0.1, 0.15) is 0 Å². The van der Waals surface area contributed by atoms with Crippen LogP contribution in [-0.4, -0.2) is 313 Å². The van der Waals surface area contributed by atoms with Crippen molar-refractivity contribution in [3.8, 4) is 0 Å². The van der Waals surface area contributed by atoms with E-state index in [1.165, 1.54) is 6.08 Å². The highest BCUT2D eigenvalue weighted by atomic mass is 16.3. The van der Waals surface area contributed by atoms with Crippen LogP contribution in [0.2, 0.25) is 0 Å². The molecule has 0 aliphatic carbocycles. The number of nitrogens with two attached hydrogens (primary N) is 6. The molecule has 28 heteroatoms. The molecule has 0 radical (unpaired) electrons. The maximum absolute atomic E-state index is 10.6. The van der Waals surface area contributed by atoms with Gasteiger partial charge in [-0.2, -0.15) is 0 Å². The van der Waals surface area contributed by atoms with E-state index in [1.54, 1.807) is 81.5 Å². The van der Waals surface area contributed by atoms with Gasteiger partial charge in [-0.3, -0.25) is 4.79 Å². The fraction of sp³-hybridized carbons (Fsp3) is 0.797. The molecule has 0 aromatic heterocycles. The fourth-order valence-electron chi connectivity index (χ4n) is 6.59. The van der Waals surface area contributed by atoms with Gasteiger partial charge in [0.05, 0.1) is 163 Å². The van der Waals surface area contributed by atoms with Crippen molar-refractivity contribution in [1.29, 1.82) is 0 Å². The van der Waals surface area contributed by atoms with Crippen LogP contribution in [0.5, 0.6) is 0 Å². The molecule has 18 atom stereocenters. The number of carbonyl (C=O) groups excluding carboxylic acids is 1. The highest BCUT2D eigenvalue weighted by Gasteiger charge is 2.21. The monoisotopic (exact) mass is 1340 g/mol. The molecule has 0 aliphatic rings. The first kappa shape index (κ1) is 108. The van der Waals surface area contributed by atoms with Crippen molar-refractivity contribution in [2.24, 2.45) is 34.4 Å². The number of hydrogen-bond donors (Lipinski definition) is 25. The lowest BCUT2D eigenvalue weighted by molar-refractivity contribution is -0.116. The summed E-state index contributed by atoms with van der Waals surface area (Å²) < 4.78 is 0. The highest BCUT2D eigenvalue weighted by molar-refractivity contribution is 5.94. The predicted octanol–water partition coefficient (Wildman–Crippen LogP) is -3.71. The molecular formula is C64H142N10O18. The molecule has 0 aromatic rings. The molecule has 556 valence electrons. The molecule has 0 saturated carbocycles. The zero-order valence-corrected chi connectivity index (χ0v) is 58.9.